The summed E-state index contributed by atoms with van der Waals surface area (Å²) in [5, 5.41) is -0.432. The molecular weight excluding hydrogens is 323 g/mol. The lowest BCUT2D eigenvalue weighted by Gasteiger charge is -2.11. The monoisotopic (exact) mass is 332 g/mol. The zero-order chi connectivity index (χ0) is 12.6. The molecule has 0 amide bonds. The zero-order valence-electron chi connectivity index (χ0n) is 9.43. The summed E-state index contributed by atoms with van der Waals surface area (Å²) in [5.41, 5.74) is 2.40. The van der Waals surface area contributed by atoms with E-state index in [1.165, 1.54) is 6.07 Å². The number of hydrogen-bond acceptors (Lipinski definition) is 1. The second-order valence-corrected chi connectivity index (χ2v) is 7.02. The number of alkyl halides is 1. The maximum Gasteiger partial charge on any atom is 0.128 e. The number of thiophene rings is 1. The van der Waals surface area contributed by atoms with E-state index in [-0.39, 0.29) is 5.82 Å². The molecule has 1 aromatic heterocycles. The Morgan fingerprint density at radius 1 is 1.24 bits per heavy atom. The highest BCUT2D eigenvalue weighted by Crippen LogP contribution is 2.38. The Balaban J connectivity index is 2.43. The summed E-state index contributed by atoms with van der Waals surface area (Å²) in [6.45, 7) is 3.86. The second kappa shape index (κ2) is 5.09. The number of hydrogen-bond donors (Lipinski definition) is 0. The minimum absolute atomic E-state index is 0.244. The van der Waals surface area contributed by atoms with Gasteiger partial charge < -0.3 is 0 Å². The Morgan fingerprint density at radius 2 is 1.94 bits per heavy atom. The van der Waals surface area contributed by atoms with Crippen molar-refractivity contribution in [3.05, 3.63) is 55.4 Å². The lowest BCUT2D eigenvalue weighted by atomic mass is 10.0. The molecule has 1 heterocycles. The van der Waals surface area contributed by atoms with Gasteiger partial charge in [-0.05, 0) is 53.0 Å². The molecular formula is C13H11BrClFS. The summed E-state index contributed by atoms with van der Waals surface area (Å²) in [6, 6.07) is 7.11. The molecule has 2 rings (SSSR count). The normalized spacial score (nSPS) is 12.8. The predicted molar refractivity (Wildman–Crippen MR) is 75.6 cm³/mol. The maximum atomic E-state index is 13.8. The quantitative estimate of drug-likeness (QED) is 0.628. The Bertz CT molecular complexity index is 550. The van der Waals surface area contributed by atoms with E-state index in [1.807, 2.05) is 26.0 Å². The molecule has 0 nitrogen and oxygen atoms in total. The fourth-order valence-electron chi connectivity index (χ4n) is 1.72. The Morgan fingerprint density at radius 3 is 2.47 bits per heavy atom. The highest BCUT2D eigenvalue weighted by atomic mass is 79.9. The van der Waals surface area contributed by atoms with E-state index in [2.05, 4.69) is 15.9 Å². The molecule has 0 saturated heterocycles. The molecule has 0 saturated carbocycles. The van der Waals surface area contributed by atoms with Gasteiger partial charge >= 0.3 is 0 Å². The minimum Gasteiger partial charge on any atom is -0.207 e. The van der Waals surface area contributed by atoms with Crippen LogP contribution in [-0.2, 0) is 0 Å². The van der Waals surface area contributed by atoms with Crippen molar-refractivity contribution >= 4 is 38.9 Å². The van der Waals surface area contributed by atoms with Gasteiger partial charge in [0.25, 0.3) is 0 Å². The molecule has 2 aromatic rings. The molecule has 0 radical (unpaired) electrons. The summed E-state index contributed by atoms with van der Waals surface area (Å²) in [6.07, 6.45) is 0. The van der Waals surface area contributed by atoms with Crippen LogP contribution in [0.15, 0.2) is 28.1 Å². The van der Waals surface area contributed by atoms with Crippen molar-refractivity contribution in [2.75, 3.05) is 0 Å². The minimum atomic E-state index is -0.432. The molecule has 0 aliphatic heterocycles. The summed E-state index contributed by atoms with van der Waals surface area (Å²) < 4.78 is 14.8. The van der Waals surface area contributed by atoms with Gasteiger partial charge in [-0.2, -0.15) is 0 Å². The third-order valence-electron chi connectivity index (χ3n) is 2.63. The Labute approximate surface area is 118 Å². The first-order valence-electron chi connectivity index (χ1n) is 5.15. The summed E-state index contributed by atoms with van der Waals surface area (Å²) >= 11 is 11.4. The van der Waals surface area contributed by atoms with E-state index in [1.54, 1.807) is 17.4 Å². The van der Waals surface area contributed by atoms with Gasteiger partial charge in [0, 0.05) is 10.4 Å². The molecule has 0 bridgehead atoms. The van der Waals surface area contributed by atoms with Crippen LogP contribution in [0.5, 0.6) is 0 Å². The average Bonchev–Trinajstić information content (AvgIpc) is 2.57. The number of aryl methyl sites for hydroxylation is 2. The van der Waals surface area contributed by atoms with Crippen LogP contribution in [-0.4, -0.2) is 0 Å². The van der Waals surface area contributed by atoms with Crippen molar-refractivity contribution in [1.82, 2.24) is 0 Å². The molecule has 0 N–H and O–H groups in total. The Kier molecular flexibility index (Phi) is 3.91. The largest absolute Gasteiger partial charge is 0.207 e. The van der Waals surface area contributed by atoms with Crippen molar-refractivity contribution in [3.8, 4) is 0 Å². The lowest BCUT2D eigenvalue weighted by molar-refractivity contribution is 0.611. The van der Waals surface area contributed by atoms with Crippen molar-refractivity contribution in [2.45, 2.75) is 19.2 Å². The smallest absolute Gasteiger partial charge is 0.128 e. The van der Waals surface area contributed by atoms with Crippen molar-refractivity contribution < 1.29 is 4.39 Å². The third-order valence-corrected chi connectivity index (χ3v) is 4.67. The van der Waals surface area contributed by atoms with E-state index in [0.29, 0.717) is 5.56 Å². The SMILES string of the molecule is Cc1ccc(C(Cl)c2cc(Br)sc2C)c(F)c1. The van der Waals surface area contributed by atoms with Crippen LogP contribution in [0.1, 0.15) is 26.9 Å². The van der Waals surface area contributed by atoms with Gasteiger partial charge in [0.1, 0.15) is 5.82 Å². The number of rotatable bonds is 2. The van der Waals surface area contributed by atoms with Crippen LogP contribution in [0.3, 0.4) is 0 Å². The molecule has 0 fully saturated rings. The van der Waals surface area contributed by atoms with Crippen molar-refractivity contribution in [1.29, 1.82) is 0 Å². The standard InChI is InChI=1S/C13H11BrClFS/c1-7-3-4-9(11(16)5-7)13(15)10-6-12(14)17-8(10)2/h3-6,13H,1-2H3. The van der Waals surface area contributed by atoms with Crippen LogP contribution in [0.2, 0.25) is 0 Å². The first kappa shape index (κ1) is 13.1. The number of halogens is 3. The molecule has 0 spiro atoms. The average molecular weight is 334 g/mol. The van der Waals surface area contributed by atoms with Gasteiger partial charge in [0.05, 0.1) is 9.16 Å². The first-order chi connectivity index (χ1) is 7.99. The van der Waals surface area contributed by atoms with Gasteiger partial charge in [0.15, 0.2) is 0 Å². The molecule has 1 aromatic carbocycles. The van der Waals surface area contributed by atoms with E-state index < -0.39 is 5.38 Å². The fourth-order valence-corrected chi connectivity index (χ4v) is 3.93. The van der Waals surface area contributed by atoms with Crippen molar-refractivity contribution in [2.24, 2.45) is 0 Å². The van der Waals surface area contributed by atoms with Crippen LogP contribution in [0, 0.1) is 19.7 Å². The summed E-state index contributed by atoms with van der Waals surface area (Å²) in [5.74, 6) is -0.244. The maximum absolute atomic E-state index is 13.8. The zero-order valence-corrected chi connectivity index (χ0v) is 12.6. The summed E-state index contributed by atoms with van der Waals surface area (Å²) in [4.78, 5) is 1.11. The van der Waals surface area contributed by atoms with Gasteiger partial charge in [-0.1, -0.05) is 12.1 Å². The van der Waals surface area contributed by atoms with Gasteiger partial charge in [-0.3, -0.25) is 0 Å². The van der Waals surface area contributed by atoms with Gasteiger partial charge in [0.2, 0.25) is 0 Å². The summed E-state index contributed by atoms with van der Waals surface area (Å²) in [7, 11) is 0. The van der Waals surface area contributed by atoms with E-state index in [4.69, 9.17) is 11.6 Å². The number of benzene rings is 1. The first-order valence-corrected chi connectivity index (χ1v) is 7.19. The van der Waals surface area contributed by atoms with Crippen LogP contribution in [0.25, 0.3) is 0 Å². The molecule has 0 aliphatic rings. The van der Waals surface area contributed by atoms with Gasteiger partial charge in [-0.25, -0.2) is 4.39 Å². The van der Waals surface area contributed by atoms with E-state index in [9.17, 15) is 4.39 Å². The van der Waals surface area contributed by atoms with E-state index >= 15 is 0 Å². The van der Waals surface area contributed by atoms with Crippen LogP contribution < -0.4 is 0 Å². The lowest BCUT2D eigenvalue weighted by Crippen LogP contribution is -1.97. The van der Waals surface area contributed by atoms with Crippen LogP contribution in [0.4, 0.5) is 4.39 Å². The van der Waals surface area contributed by atoms with Crippen LogP contribution >= 0.6 is 38.9 Å². The van der Waals surface area contributed by atoms with E-state index in [0.717, 1.165) is 19.8 Å². The third kappa shape index (κ3) is 2.72. The fraction of sp³-hybridized carbons (Fsp3) is 0.231. The molecule has 1 unspecified atom stereocenters. The second-order valence-electron chi connectivity index (χ2n) is 3.95. The molecule has 90 valence electrons. The van der Waals surface area contributed by atoms with Gasteiger partial charge in [-0.15, -0.1) is 22.9 Å². The predicted octanol–water partition coefficient (Wildman–Crippen LogP) is 5.59. The topological polar surface area (TPSA) is 0 Å². The highest BCUT2D eigenvalue weighted by molar-refractivity contribution is 9.11. The molecule has 17 heavy (non-hydrogen) atoms. The Hall–Kier alpha value is -0.380. The molecule has 0 aliphatic carbocycles. The molecule has 4 heteroatoms. The highest BCUT2D eigenvalue weighted by Gasteiger charge is 2.19. The molecule has 1 atom stereocenters. The van der Waals surface area contributed by atoms with Crippen molar-refractivity contribution in [3.63, 3.8) is 0 Å².